The Balaban J connectivity index is 2.08. The summed E-state index contributed by atoms with van der Waals surface area (Å²) in [5.41, 5.74) is 1.96. The molecule has 0 N–H and O–H groups in total. The number of aromatic nitrogens is 2. The van der Waals surface area contributed by atoms with Crippen molar-refractivity contribution in [3.05, 3.63) is 46.9 Å². The van der Waals surface area contributed by atoms with Gasteiger partial charge in [-0.15, -0.1) is 0 Å². The average Bonchev–Trinajstić information content (AvgIpc) is 2.45. The quantitative estimate of drug-likeness (QED) is 0.738. The van der Waals surface area contributed by atoms with E-state index in [1.54, 1.807) is 4.90 Å². The van der Waals surface area contributed by atoms with E-state index in [9.17, 15) is 13.2 Å². The summed E-state index contributed by atoms with van der Waals surface area (Å²) in [7, 11) is 0. The molecule has 0 amide bonds. The second-order valence-corrected chi connectivity index (χ2v) is 5.14. The molecule has 1 aliphatic rings. The maximum absolute atomic E-state index is 12.8. The molecule has 2 aromatic rings. The molecule has 2 heterocycles. The van der Waals surface area contributed by atoms with Crippen LogP contribution >= 0.6 is 11.6 Å². The number of alkyl halides is 3. The smallest absolute Gasteiger partial charge is 0.326 e. The second kappa shape index (κ2) is 5.18. The van der Waals surface area contributed by atoms with Gasteiger partial charge < -0.3 is 4.90 Å². The van der Waals surface area contributed by atoms with Gasteiger partial charge in [-0.1, -0.05) is 29.8 Å². The van der Waals surface area contributed by atoms with Gasteiger partial charge in [-0.05, 0) is 24.5 Å². The first-order valence-electron chi connectivity index (χ1n) is 6.42. The molecule has 1 aromatic carbocycles. The normalized spacial score (nSPS) is 15.0. The fraction of sp³-hybridized carbons (Fsp3) is 0.286. The Kier molecular flexibility index (Phi) is 3.49. The van der Waals surface area contributed by atoms with E-state index in [1.165, 1.54) is 6.07 Å². The van der Waals surface area contributed by atoms with Gasteiger partial charge in [0.2, 0.25) is 5.82 Å². The highest BCUT2D eigenvalue weighted by atomic mass is 35.5. The third kappa shape index (κ3) is 2.81. The minimum atomic E-state index is -4.62. The first kappa shape index (κ1) is 14.1. The number of nitrogens with zero attached hydrogens (tertiary/aromatic N) is 3. The van der Waals surface area contributed by atoms with Gasteiger partial charge in [0, 0.05) is 18.3 Å². The first-order valence-corrected chi connectivity index (χ1v) is 6.80. The number of hydrogen-bond donors (Lipinski definition) is 0. The number of fused-ring (bicyclic) bond motifs is 1. The Bertz CT molecular complexity index is 673. The Morgan fingerprint density at radius 3 is 2.67 bits per heavy atom. The van der Waals surface area contributed by atoms with E-state index in [2.05, 4.69) is 9.97 Å². The van der Waals surface area contributed by atoms with Crippen molar-refractivity contribution in [3.63, 3.8) is 0 Å². The predicted molar refractivity (Wildman–Crippen MR) is 73.8 cm³/mol. The monoisotopic (exact) mass is 313 g/mol. The van der Waals surface area contributed by atoms with E-state index in [-0.39, 0.29) is 11.0 Å². The molecule has 0 aliphatic carbocycles. The van der Waals surface area contributed by atoms with Crippen LogP contribution in [-0.4, -0.2) is 16.5 Å². The van der Waals surface area contributed by atoms with Crippen LogP contribution in [0.25, 0.3) is 0 Å². The van der Waals surface area contributed by atoms with E-state index < -0.39 is 12.0 Å². The lowest BCUT2D eigenvalue weighted by Crippen LogP contribution is -2.26. The molecule has 0 bridgehead atoms. The summed E-state index contributed by atoms with van der Waals surface area (Å²) in [5, 5.41) is -0.213. The molecule has 0 unspecified atom stereocenters. The third-order valence-electron chi connectivity index (χ3n) is 3.32. The van der Waals surface area contributed by atoms with Crippen molar-refractivity contribution >= 4 is 23.1 Å². The Hall–Kier alpha value is -1.82. The molecule has 0 saturated heterocycles. The number of para-hydroxylation sites is 1. The molecule has 0 fully saturated rings. The van der Waals surface area contributed by atoms with Crippen LogP contribution in [0.4, 0.5) is 24.7 Å². The molecule has 1 aromatic heterocycles. The molecule has 3 rings (SSSR count). The van der Waals surface area contributed by atoms with Crippen molar-refractivity contribution in [1.82, 2.24) is 9.97 Å². The maximum atomic E-state index is 12.8. The van der Waals surface area contributed by atoms with Crippen molar-refractivity contribution in [2.75, 3.05) is 11.4 Å². The second-order valence-electron chi connectivity index (χ2n) is 4.75. The van der Waals surface area contributed by atoms with Gasteiger partial charge in [-0.3, -0.25) is 0 Å². The van der Waals surface area contributed by atoms with Gasteiger partial charge in [0.05, 0.1) is 0 Å². The van der Waals surface area contributed by atoms with Gasteiger partial charge in [0.25, 0.3) is 0 Å². The first-order chi connectivity index (χ1) is 9.95. The zero-order valence-corrected chi connectivity index (χ0v) is 11.6. The highest BCUT2D eigenvalue weighted by molar-refractivity contribution is 6.29. The lowest BCUT2D eigenvalue weighted by atomic mass is 10.0. The summed E-state index contributed by atoms with van der Waals surface area (Å²) in [5.74, 6) is -1.04. The van der Waals surface area contributed by atoms with Gasteiger partial charge in [0.1, 0.15) is 11.0 Å². The summed E-state index contributed by atoms with van der Waals surface area (Å²) in [6, 6.07) is 8.96. The van der Waals surface area contributed by atoms with Crippen molar-refractivity contribution in [2.45, 2.75) is 19.0 Å². The van der Waals surface area contributed by atoms with Crippen LogP contribution in [0.3, 0.4) is 0 Å². The van der Waals surface area contributed by atoms with Crippen LogP contribution in [0.5, 0.6) is 0 Å². The Labute approximate surface area is 124 Å². The van der Waals surface area contributed by atoms with Crippen molar-refractivity contribution in [3.8, 4) is 0 Å². The van der Waals surface area contributed by atoms with Crippen molar-refractivity contribution in [2.24, 2.45) is 0 Å². The highest BCUT2D eigenvalue weighted by Gasteiger charge is 2.36. The highest BCUT2D eigenvalue weighted by Crippen LogP contribution is 2.35. The molecule has 7 heteroatoms. The van der Waals surface area contributed by atoms with Crippen LogP contribution in [0, 0.1) is 0 Å². The van der Waals surface area contributed by atoms with Crippen LogP contribution in [-0.2, 0) is 12.6 Å². The zero-order chi connectivity index (χ0) is 15.0. The number of anilines is 2. The van der Waals surface area contributed by atoms with Gasteiger partial charge in [0.15, 0.2) is 0 Å². The van der Waals surface area contributed by atoms with Crippen LogP contribution in [0.15, 0.2) is 30.3 Å². The Morgan fingerprint density at radius 1 is 1.14 bits per heavy atom. The van der Waals surface area contributed by atoms with E-state index in [0.29, 0.717) is 6.54 Å². The number of hydrogen-bond acceptors (Lipinski definition) is 3. The fourth-order valence-electron chi connectivity index (χ4n) is 2.44. The topological polar surface area (TPSA) is 29.0 Å². The molecular weight excluding hydrogens is 303 g/mol. The minimum Gasteiger partial charge on any atom is -0.326 e. The van der Waals surface area contributed by atoms with E-state index in [1.807, 2.05) is 24.3 Å². The van der Waals surface area contributed by atoms with Crippen LogP contribution in [0.1, 0.15) is 17.8 Å². The lowest BCUT2D eigenvalue weighted by molar-refractivity contribution is -0.144. The average molecular weight is 314 g/mol. The minimum absolute atomic E-state index is 0.175. The maximum Gasteiger partial charge on any atom is 0.451 e. The van der Waals surface area contributed by atoms with E-state index in [4.69, 9.17) is 11.6 Å². The molecule has 0 radical (unpaired) electrons. The summed E-state index contributed by atoms with van der Waals surface area (Å²) < 4.78 is 38.4. The summed E-state index contributed by atoms with van der Waals surface area (Å²) in [6.07, 6.45) is -2.87. The molecular formula is C14H11ClF3N3. The van der Waals surface area contributed by atoms with Gasteiger partial charge >= 0.3 is 6.18 Å². The molecule has 0 spiro atoms. The number of aryl methyl sites for hydroxylation is 1. The third-order valence-corrected chi connectivity index (χ3v) is 3.52. The molecule has 3 nitrogen and oxygen atoms in total. The molecule has 0 saturated carbocycles. The lowest BCUT2D eigenvalue weighted by Gasteiger charge is -2.30. The van der Waals surface area contributed by atoms with Crippen LogP contribution in [0.2, 0.25) is 5.15 Å². The zero-order valence-electron chi connectivity index (χ0n) is 10.9. The van der Waals surface area contributed by atoms with Crippen molar-refractivity contribution in [1.29, 1.82) is 0 Å². The summed E-state index contributed by atoms with van der Waals surface area (Å²) in [6.45, 7) is 0.599. The largest absolute Gasteiger partial charge is 0.451 e. The number of rotatable bonds is 1. The van der Waals surface area contributed by atoms with Crippen LogP contribution < -0.4 is 4.90 Å². The Morgan fingerprint density at radius 2 is 1.90 bits per heavy atom. The molecule has 1 aliphatic heterocycles. The SMILES string of the molecule is FC(F)(F)c1nc(Cl)cc(N2CCCc3ccccc32)n1. The molecule has 0 atom stereocenters. The van der Waals surface area contributed by atoms with Crippen molar-refractivity contribution < 1.29 is 13.2 Å². The molecule has 110 valence electrons. The van der Waals surface area contributed by atoms with E-state index >= 15 is 0 Å². The van der Waals surface area contributed by atoms with E-state index in [0.717, 1.165) is 24.1 Å². The predicted octanol–water partition coefficient (Wildman–Crippen LogP) is 4.23. The number of halogens is 4. The molecule has 21 heavy (non-hydrogen) atoms. The van der Waals surface area contributed by atoms with Gasteiger partial charge in [-0.25, -0.2) is 9.97 Å². The number of benzene rings is 1. The van der Waals surface area contributed by atoms with Gasteiger partial charge in [-0.2, -0.15) is 13.2 Å². The standard InChI is InChI=1S/C14H11ClF3N3/c15-11-8-12(20-13(19-11)14(16,17)18)21-7-3-5-9-4-1-2-6-10(9)21/h1-2,4,6,8H,3,5,7H2. The fourth-order valence-corrected chi connectivity index (χ4v) is 2.62. The summed E-state index contributed by atoms with van der Waals surface area (Å²) >= 11 is 5.72. The summed E-state index contributed by atoms with van der Waals surface area (Å²) in [4.78, 5) is 8.64.